The van der Waals surface area contributed by atoms with Gasteiger partial charge in [-0.1, -0.05) is 6.58 Å². The quantitative estimate of drug-likeness (QED) is 0.184. The van der Waals surface area contributed by atoms with Gasteiger partial charge < -0.3 is 14.2 Å². The van der Waals surface area contributed by atoms with E-state index in [1.165, 1.54) is 0 Å². The van der Waals surface area contributed by atoms with Crippen LogP contribution >= 0.6 is 0 Å². The molecular formula is C14H20F4O7S. The minimum absolute atomic E-state index is 0.000127. The van der Waals surface area contributed by atoms with Crippen molar-refractivity contribution in [3.63, 3.8) is 0 Å². The van der Waals surface area contributed by atoms with E-state index in [0.717, 1.165) is 0 Å². The number of ether oxygens (including phenoxy) is 3. The molecule has 0 spiro atoms. The zero-order chi connectivity index (χ0) is 20.0. The molecule has 0 aromatic rings. The van der Waals surface area contributed by atoms with Crippen molar-refractivity contribution < 1.29 is 49.5 Å². The lowest BCUT2D eigenvalue weighted by atomic mass is 10.1. The van der Waals surface area contributed by atoms with Crippen LogP contribution in [0.4, 0.5) is 17.6 Å². The van der Waals surface area contributed by atoms with Gasteiger partial charge in [0, 0.05) is 19.4 Å². The molecule has 7 nitrogen and oxygen atoms in total. The van der Waals surface area contributed by atoms with Crippen LogP contribution < -0.4 is 0 Å². The topological polar surface area (TPSA) is 99.1 Å². The second-order valence-electron chi connectivity index (χ2n) is 5.70. The molecule has 1 unspecified atom stereocenters. The minimum atomic E-state index is -6.22. The molecule has 0 aromatic heterocycles. The van der Waals surface area contributed by atoms with E-state index in [1.807, 2.05) is 0 Å². The largest absolute Gasteiger partial charge is 0.456 e. The molecule has 1 N–H and O–H groups in total. The molecule has 0 saturated carbocycles. The lowest BCUT2D eigenvalue weighted by Crippen LogP contribution is -2.46. The summed E-state index contributed by atoms with van der Waals surface area (Å²) in [6.07, 6.45) is -1.84. The third-order valence-corrected chi connectivity index (χ3v) is 4.45. The first-order chi connectivity index (χ1) is 11.9. The van der Waals surface area contributed by atoms with E-state index in [2.05, 4.69) is 6.58 Å². The third kappa shape index (κ3) is 6.18. The molecule has 1 rings (SSSR count). The fourth-order valence-corrected chi connectivity index (χ4v) is 2.46. The van der Waals surface area contributed by atoms with Gasteiger partial charge in [0.15, 0.2) is 0 Å². The molecule has 1 aliphatic rings. The van der Waals surface area contributed by atoms with Crippen molar-refractivity contribution in [1.82, 2.24) is 0 Å². The lowest BCUT2D eigenvalue weighted by molar-refractivity contribution is -0.165. The number of alkyl halides is 4. The summed E-state index contributed by atoms with van der Waals surface area (Å²) in [7, 11) is -6.22. The lowest BCUT2D eigenvalue weighted by Gasteiger charge is -2.23. The second kappa shape index (κ2) is 9.11. The SMILES string of the molecule is C=C(COCCCCC(F)(F)C(F)(F)S(=O)(=O)O)C(=O)OC1CCOC1. The van der Waals surface area contributed by atoms with E-state index in [9.17, 15) is 30.8 Å². The summed E-state index contributed by atoms with van der Waals surface area (Å²) in [5, 5.41) is -5.57. The van der Waals surface area contributed by atoms with Crippen LogP contribution in [0.2, 0.25) is 0 Å². The summed E-state index contributed by atoms with van der Waals surface area (Å²) in [6.45, 7) is 3.86. The first kappa shape index (κ1) is 22.8. The van der Waals surface area contributed by atoms with Gasteiger partial charge in [-0.05, 0) is 12.8 Å². The van der Waals surface area contributed by atoms with Crippen LogP contribution in [0, 0.1) is 0 Å². The van der Waals surface area contributed by atoms with Crippen molar-refractivity contribution >= 4 is 16.1 Å². The minimum Gasteiger partial charge on any atom is -0.456 e. The number of esters is 1. The second-order valence-corrected chi connectivity index (χ2v) is 7.16. The number of hydrogen-bond donors (Lipinski definition) is 1. The highest BCUT2D eigenvalue weighted by Gasteiger charge is 2.64. The predicted molar refractivity (Wildman–Crippen MR) is 80.6 cm³/mol. The van der Waals surface area contributed by atoms with Crippen LogP contribution in [0.5, 0.6) is 0 Å². The molecule has 0 amide bonds. The number of carbonyl (C=O) groups is 1. The van der Waals surface area contributed by atoms with E-state index in [-0.39, 0.29) is 31.3 Å². The van der Waals surface area contributed by atoms with Gasteiger partial charge in [0.05, 0.1) is 25.4 Å². The highest BCUT2D eigenvalue weighted by atomic mass is 32.2. The molecule has 12 heteroatoms. The molecule has 0 aromatic carbocycles. The Hall–Kier alpha value is -1.24. The highest BCUT2D eigenvalue weighted by Crippen LogP contribution is 2.41. The van der Waals surface area contributed by atoms with Gasteiger partial charge >= 0.3 is 27.3 Å². The Balaban J connectivity index is 2.24. The number of unbranched alkanes of at least 4 members (excludes halogenated alkanes) is 1. The van der Waals surface area contributed by atoms with E-state index >= 15 is 0 Å². The zero-order valence-corrected chi connectivity index (χ0v) is 14.6. The van der Waals surface area contributed by atoms with Gasteiger partial charge in [-0.25, -0.2) is 4.79 Å². The van der Waals surface area contributed by atoms with Crippen molar-refractivity contribution in [2.75, 3.05) is 26.4 Å². The Kier molecular flexibility index (Phi) is 7.99. The van der Waals surface area contributed by atoms with E-state index in [0.29, 0.717) is 19.6 Å². The molecule has 26 heavy (non-hydrogen) atoms. The maximum absolute atomic E-state index is 13.2. The predicted octanol–water partition coefficient (Wildman–Crippen LogP) is 2.18. The zero-order valence-electron chi connectivity index (χ0n) is 13.8. The molecule has 1 saturated heterocycles. The van der Waals surface area contributed by atoms with Crippen molar-refractivity contribution in [2.45, 2.75) is 43.0 Å². The molecule has 1 heterocycles. The first-order valence-electron chi connectivity index (χ1n) is 7.65. The molecule has 1 aliphatic heterocycles. The third-order valence-electron chi connectivity index (χ3n) is 3.51. The Morgan fingerprint density at radius 2 is 1.92 bits per heavy atom. The van der Waals surface area contributed by atoms with Gasteiger partial charge in [0.25, 0.3) is 0 Å². The van der Waals surface area contributed by atoms with Crippen molar-refractivity contribution in [3.05, 3.63) is 12.2 Å². The van der Waals surface area contributed by atoms with Crippen LogP contribution in [0.25, 0.3) is 0 Å². The van der Waals surface area contributed by atoms with Gasteiger partial charge in [-0.3, -0.25) is 4.55 Å². The fourth-order valence-electron chi connectivity index (χ4n) is 1.98. The fraction of sp³-hybridized carbons (Fsp3) is 0.786. The maximum Gasteiger partial charge on any atom is 0.431 e. The number of halogens is 4. The summed E-state index contributed by atoms with van der Waals surface area (Å²) in [5.74, 6) is -5.60. The summed E-state index contributed by atoms with van der Waals surface area (Å²) in [4.78, 5) is 11.6. The highest BCUT2D eigenvalue weighted by molar-refractivity contribution is 7.87. The van der Waals surface area contributed by atoms with Gasteiger partial charge in [-0.2, -0.15) is 26.0 Å². The Bertz CT molecular complexity index is 600. The van der Waals surface area contributed by atoms with Crippen LogP contribution in [-0.2, 0) is 29.1 Å². The van der Waals surface area contributed by atoms with Crippen molar-refractivity contribution in [2.24, 2.45) is 0 Å². The average molecular weight is 408 g/mol. The Morgan fingerprint density at radius 1 is 1.27 bits per heavy atom. The number of hydrogen-bond acceptors (Lipinski definition) is 6. The van der Waals surface area contributed by atoms with Crippen LogP contribution in [-0.4, -0.2) is 62.6 Å². The standard InChI is InChI=1S/C14H20F4O7S/c1-10(12(19)25-11-4-7-24-9-11)8-23-6-3-2-5-13(15,16)14(17,18)26(20,21)22/h11H,1-9H2,(H,20,21,22). The van der Waals surface area contributed by atoms with Gasteiger partial charge in [-0.15, -0.1) is 0 Å². The summed E-state index contributed by atoms with van der Waals surface area (Å²) in [5.41, 5.74) is 0.000127. The van der Waals surface area contributed by atoms with E-state index in [1.54, 1.807) is 0 Å². The first-order valence-corrected chi connectivity index (χ1v) is 9.09. The average Bonchev–Trinajstić information content (AvgIpc) is 3.01. The number of carbonyl (C=O) groups excluding carboxylic acids is 1. The molecule has 0 radical (unpaired) electrons. The molecule has 152 valence electrons. The van der Waals surface area contributed by atoms with Gasteiger partial charge in [0.1, 0.15) is 6.10 Å². The van der Waals surface area contributed by atoms with E-state index < -0.39 is 40.1 Å². The monoisotopic (exact) mass is 408 g/mol. The Morgan fingerprint density at radius 3 is 2.46 bits per heavy atom. The van der Waals surface area contributed by atoms with Crippen LogP contribution in [0.15, 0.2) is 12.2 Å². The van der Waals surface area contributed by atoms with Crippen molar-refractivity contribution in [3.8, 4) is 0 Å². The number of rotatable bonds is 11. The van der Waals surface area contributed by atoms with Crippen LogP contribution in [0.3, 0.4) is 0 Å². The van der Waals surface area contributed by atoms with Crippen molar-refractivity contribution in [1.29, 1.82) is 0 Å². The summed E-state index contributed by atoms with van der Waals surface area (Å²) >= 11 is 0. The molecule has 1 atom stereocenters. The summed E-state index contributed by atoms with van der Waals surface area (Å²) in [6, 6.07) is 0. The van der Waals surface area contributed by atoms with Crippen LogP contribution in [0.1, 0.15) is 25.7 Å². The van der Waals surface area contributed by atoms with E-state index in [4.69, 9.17) is 18.8 Å². The molecule has 0 bridgehead atoms. The normalized spacial score (nSPS) is 18.7. The molecule has 1 fully saturated rings. The Labute approximate surface area is 148 Å². The summed E-state index contributed by atoms with van der Waals surface area (Å²) < 4.78 is 96.3. The smallest absolute Gasteiger partial charge is 0.431 e. The van der Waals surface area contributed by atoms with Gasteiger partial charge in [0.2, 0.25) is 0 Å². The maximum atomic E-state index is 13.2. The molecular weight excluding hydrogens is 388 g/mol. The molecule has 0 aliphatic carbocycles.